The number of thiophene rings is 4. The number of rotatable bonds is 5. The van der Waals surface area contributed by atoms with Crippen LogP contribution in [0.3, 0.4) is 0 Å². The van der Waals surface area contributed by atoms with Gasteiger partial charge in [-0.1, -0.05) is 521 Å². The maximum atomic E-state index is 8.31. The van der Waals surface area contributed by atoms with Crippen LogP contribution in [0.2, 0.25) is 0 Å². The molecule has 0 aliphatic heterocycles. The second kappa shape index (κ2) is 41.2. The molecular weight excluding hydrogens is 1880 g/mol. The lowest BCUT2D eigenvalue weighted by Gasteiger charge is -2.21. The Balaban J connectivity index is 0.000000109. The fourth-order valence-electron chi connectivity index (χ4n) is 20.9. The van der Waals surface area contributed by atoms with Gasteiger partial charge in [-0.15, -0.1) is 45.3 Å². The number of fused-ring (bicyclic) bond motifs is 21. The first-order valence-corrected chi connectivity index (χ1v) is 55.1. The summed E-state index contributed by atoms with van der Waals surface area (Å²) in [7, 11) is 0. The van der Waals surface area contributed by atoms with Gasteiger partial charge in [-0.05, 0) is 153 Å². The normalized spacial score (nSPS) is 12.7. The van der Waals surface area contributed by atoms with Crippen LogP contribution in [0.15, 0.2) is 432 Å². The van der Waals surface area contributed by atoms with Crippen molar-refractivity contribution in [3.05, 3.63) is 457 Å². The third kappa shape index (κ3) is 20.7. The van der Waals surface area contributed by atoms with E-state index in [9.17, 15) is 0 Å². The van der Waals surface area contributed by atoms with Gasteiger partial charge in [0.2, 0.25) is 0 Å². The first kappa shape index (κ1) is 95.4. The van der Waals surface area contributed by atoms with E-state index in [-0.39, 0.29) is 67.6 Å². The fourth-order valence-corrected chi connectivity index (χ4v) is 26.2. The minimum atomic E-state index is -0.398. The number of benzene rings is 19. The van der Waals surface area contributed by atoms with E-state index in [1.54, 1.807) is 6.07 Å². The predicted octanol–water partition coefficient (Wildman–Crippen LogP) is 44.4. The molecule has 0 saturated heterocycles. The zero-order valence-electron chi connectivity index (χ0n) is 94.3. The van der Waals surface area contributed by atoms with E-state index in [1.807, 2.05) is 81.7 Å². The van der Waals surface area contributed by atoms with Crippen LogP contribution in [0.5, 0.6) is 0 Å². The third-order valence-corrected chi connectivity index (χ3v) is 33.0. The molecule has 149 heavy (non-hydrogen) atoms. The number of furan rings is 3. The van der Waals surface area contributed by atoms with Crippen molar-refractivity contribution in [2.24, 2.45) is 0 Å². The molecule has 0 saturated carbocycles. The molecule has 26 aromatic rings. The van der Waals surface area contributed by atoms with Gasteiger partial charge in [-0.25, -0.2) is 0 Å². The Kier molecular flexibility index (Phi) is 26.4. The summed E-state index contributed by atoms with van der Waals surface area (Å²) < 4.78 is 70.4. The van der Waals surface area contributed by atoms with Crippen molar-refractivity contribution in [3.8, 4) is 55.6 Å². The highest BCUT2D eigenvalue weighted by molar-refractivity contribution is 7.27. The summed E-state index contributed by atoms with van der Waals surface area (Å²) in [5.74, 6) is 0. The van der Waals surface area contributed by atoms with E-state index in [1.165, 1.54) is 175 Å². The van der Waals surface area contributed by atoms with Crippen molar-refractivity contribution in [3.63, 3.8) is 0 Å². The molecule has 19 aromatic carbocycles. The summed E-state index contributed by atoms with van der Waals surface area (Å²) in [5.41, 5.74) is 26.1. The van der Waals surface area contributed by atoms with E-state index in [0.717, 1.165) is 49.8 Å². The van der Waals surface area contributed by atoms with Crippen LogP contribution in [0.25, 0.3) is 202 Å². The lowest BCUT2D eigenvalue weighted by atomic mass is 9.83. The molecule has 0 aliphatic carbocycles. The van der Waals surface area contributed by atoms with Crippen LogP contribution < -0.4 is 0 Å². The second-order valence-electron chi connectivity index (χ2n) is 46.1. The Morgan fingerprint density at radius 3 is 0.926 bits per heavy atom. The van der Waals surface area contributed by atoms with Crippen LogP contribution in [0.1, 0.15) is 191 Å². The maximum absolute atomic E-state index is 8.31. The lowest BCUT2D eigenvalue weighted by molar-refractivity contribution is 0.572. The lowest BCUT2D eigenvalue weighted by Crippen LogP contribution is -2.11. The van der Waals surface area contributed by atoms with Crippen molar-refractivity contribution in [2.75, 3.05) is 0 Å². The number of hydrogen-bond donors (Lipinski definition) is 0. The van der Waals surface area contributed by atoms with Crippen molar-refractivity contribution < 1.29 is 20.1 Å². The molecule has 0 N–H and O–H groups in total. The largest absolute Gasteiger partial charge is 0.456 e. The first-order valence-electron chi connectivity index (χ1n) is 54.3. The van der Waals surface area contributed by atoms with Gasteiger partial charge >= 0.3 is 0 Å². The Morgan fingerprint density at radius 2 is 0.450 bits per heavy atom. The Bertz CT molecular complexity index is 9310. The highest BCUT2D eigenvalue weighted by Gasteiger charge is 2.30. The highest BCUT2D eigenvalue weighted by Crippen LogP contribution is 2.51. The standard InChI is InChI=1S/3C22H20O.2C22H20S.2C16H16S/c1-22(2,3)17-12-8-14-19-21(17)20-16(11-7-13-18(20)23-19)15-9-5-4-6-10-15;2*1-22(2,3)19-14-8-13-18-17-12-7-11-16(20(17)23-21(18)19)15-9-5-4-6-10-15;1-22(2,3)17-12-8-14-19-21(17)20-16(11-7-13-18(20)23-19)15-9-5-4-6-10-15;1-22(2,3)19-14-8-13-18-17-12-7-11-16(20(17)23-21(18)19)15-9-5-4-6-10-15;1-16(2,3)13-9-6-8-12-11-7-4-5-10-14(11)17-15(12)13;1-16(2,3)12-8-6-10-14-15(12)11-7-4-5-9-13(11)17-14/h5*4-14H,1-3H3;2*4-10H,1-3H3/i;4D,5D,6D,9D,10D;;;;;. The molecule has 0 spiro atoms. The monoisotopic (exact) mass is 2020 g/mol. The Hall–Kier alpha value is -14.5. The van der Waals surface area contributed by atoms with Gasteiger partial charge < -0.3 is 13.3 Å². The van der Waals surface area contributed by atoms with Gasteiger partial charge in [0.25, 0.3) is 0 Å². The van der Waals surface area contributed by atoms with Crippen LogP contribution in [0.4, 0.5) is 0 Å². The van der Waals surface area contributed by atoms with E-state index < -0.39 is 6.04 Å². The van der Waals surface area contributed by atoms with E-state index in [2.05, 4.69) is 491 Å². The van der Waals surface area contributed by atoms with Gasteiger partial charge in [-0.2, -0.15) is 0 Å². The molecule has 0 radical (unpaired) electrons. The van der Waals surface area contributed by atoms with Crippen molar-refractivity contribution in [1.29, 1.82) is 0 Å². The number of hydrogen-bond acceptors (Lipinski definition) is 7. The molecule has 3 nitrogen and oxygen atoms in total. The topological polar surface area (TPSA) is 39.4 Å². The van der Waals surface area contributed by atoms with Crippen LogP contribution >= 0.6 is 45.3 Å². The van der Waals surface area contributed by atoms with E-state index in [0.29, 0.717) is 11.1 Å². The van der Waals surface area contributed by atoms with Crippen LogP contribution in [0, 0.1) is 0 Å². The predicted molar refractivity (Wildman–Crippen MR) is 657 cm³/mol. The average molecular weight is 2020 g/mol. The molecular formula is C142H132O3S4. The summed E-state index contributed by atoms with van der Waals surface area (Å²) in [6.45, 7) is 47.3. The molecule has 0 unspecified atom stereocenters. The quantitative estimate of drug-likeness (QED) is 0.172. The van der Waals surface area contributed by atoms with E-state index >= 15 is 0 Å². The summed E-state index contributed by atoms with van der Waals surface area (Å²) in [6, 6.07) is 136. The molecule has 742 valence electrons. The van der Waals surface area contributed by atoms with E-state index in [4.69, 9.17) is 20.1 Å². The molecule has 7 heterocycles. The van der Waals surface area contributed by atoms with Gasteiger partial charge in [0.1, 0.15) is 33.5 Å². The van der Waals surface area contributed by atoms with Crippen LogP contribution in [-0.2, 0) is 37.9 Å². The zero-order valence-corrected chi connectivity index (χ0v) is 92.6. The smallest absolute Gasteiger partial charge is 0.143 e. The highest BCUT2D eigenvalue weighted by atomic mass is 32.1. The average Bonchev–Trinajstić information content (AvgIpc) is 1.52. The Morgan fingerprint density at radius 1 is 0.168 bits per heavy atom. The summed E-state index contributed by atoms with van der Waals surface area (Å²) in [6.07, 6.45) is 0. The molecule has 26 rings (SSSR count). The Labute approximate surface area is 901 Å². The molecule has 7 heteroatoms. The van der Waals surface area contributed by atoms with Crippen molar-refractivity contribution in [1.82, 2.24) is 0 Å². The fraction of sp³-hybridized carbons (Fsp3) is 0.197. The molecule has 0 fully saturated rings. The minimum Gasteiger partial charge on any atom is -0.456 e. The van der Waals surface area contributed by atoms with Crippen molar-refractivity contribution >= 4 is 192 Å². The molecule has 0 amide bonds. The van der Waals surface area contributed by atoms with Crippen LogP contribution in [-0.4, -0.2) is 0 Å². The molecule has 0 aliphatic rings. The summed E-state index contributed by atoms with van der Waals surface area (Å²) >= 11 is 7.64. The molecule has 7 aromatic heterocycles. The molecule has 0 atom stereocenters. The summed E-state index contributed by atoms with van der Waals surface area (Å²) in [5, 5.41) is 17.9. The van der Waals surface area contributed by atoms with Gasteiger partial charge in [0, 0.05) is 135 Å². The minimum absolute atomic E-state index is 0.0558. The second-order valence-corrected chi connectivity index (χ2v) is 50.3. The zero-order chi connectivity index (χ0) is 109. The first-order chi connectivity index (χ1) is 73.5. The van der Waals surface area contributed by atoms with Gasteiger partial charge in [0.05, 0.1) is 6.85 Å². The summed E-state index contributed by atoms with van der Waals surface area (Å²) in [4.78, 5) is 0. The SMILES string of the molecule is CC(C)(C)c1cccc2c1oc1c(-c3ccccc3)cccc12.CC(C)(C)c1cccc2c1sc1c(-c3ccccc3)cccc12.CC(C)(C)c1cccc2c1sc1ccccc12.CC(C)(C)c1cccc2oc3cccc(-c4ccccc4)c3c12.CC(C)(C)c1cccc2sc3cccc(-c4ccccc4)c3c12.CC(C)(C)c1cccc2sc3ccccc3c12.[2H]c1c([2H])c([2H])c(-c2cccc3c2oc2c(C(C)(C)C)cccc23)c([2H])c1[2H]. The molecule has 0 bridgehead atoms. The third-order valence-electron chi connectivity index (χ3n) is 28.2. The maximum Gasteiger partial charge on any atom is 0.143 e. The van der Waals surface area contributed by atoms with Crippen molar-refractivity contribution in [2.45, 2.75) is 183 Å². The number of para-hydroxylation sites is 4. The van der Waals surface area contributed by atoms with Gasteiger partial charge in [-0.3, -0.25) is 0 Å². The van der Waals surface area contributed by atoms with Gasteiger partial charge in [0.15, 0.2) is 0 Å².